The van der Waals surface area contributed by atoms with E-state index in [2.05, 4.69) is 5.32 Å². The fourth-order valence-corrected chi connectivity index (χ4v) is 4.88. The van der Waals surface area contributed by atoms with Crippen LogP contribution >= 0.6 is 0 Å². The topological polar surface area (TPSA) is 75.7 Å². The molecule has 2 rings (SSSR count). The number of nitrogens with one attached hydrogen (secondary N) is 1. The van der Waals surface area contributed by atoms with Gasteiger partial charge in [0, 0.05) is 31.1 Å². The van der Waals surface area contributed by atoms with E-state index in [1.54, 1.807) is 0 Å². The third-order valence-electron chi connectivity index (χ3n) is 4.76. The molecule has 27 heavy (non-hydrogen) atoms. The minimum absolute atomic E-state index is 0.0139. The SMILES string of the molecule is CCCCS(=O)(=O)N1CCC(C(=O)NCc2ccccc2OC(C)C)CC1. The van der Waals surface area contributed by atoms with Gasteiger partial charge in [-0.25, -0.2) is 12.7 Å². The number of carbonyl (C=O) groups is 1. The Kier molecular flexibility index (Phi) is 8.10. The van der Waals surface area contributed by atoms with Crippen molar-refractivity contribution in [1.29, 1.82) is 0 Å². The highest BCUT2D eigenvalue weighted by molar-refractivity contribution is 7.89. The van der Waals surface area contributed by atoms with E-state index in [0.29, 0.717) is 38.9 Å². The number of piperidine rings is 1. The van der Waals surface area contributed by atoms with Crippen molar-refractivity contribution >= 4 is 15.9 Å². The quantitative estimate of drug-likeness (QED) is 0.696. The first-order valence-corrected chi connectivity index (χ1v) is 11.4. The first kappa shape index (κ1) is 21.7. The predicted octanol–water partition coefficient (Wildman–Crippen LogP) is 2.93. The summed E-state index contributed by atoms with van der Waals surface area (Å²) in [6.45, 7) is 7.19. The van der Waals surface area contributed by atoms with Gasteiger partial charge in [0.25, 0.3) is 0 Å². The summed E-state index contributed by atoms with van der Waals surface area (Å²) < 4.78 is 31.9. The number of para-hydroxylation sites is 1. The van der Waals surface area contributed by atoms with E-state index in [9.17, 15) is 13.2 Å². The van der Waals surface area contributed by atoms with E-state index >= 15 is 0 Å². The first-order chi connectivity index (χ1) is 12.8. The largest absolute Gasteiger partial charge is 0.491 e. The van der Waals surface area contributed by atoms with Crippen molar-refractivity contribution in [2.45, 2.75) is 59.1 Å². The van der Waals surface area contributed by atoms with Crippen molar-refractivity contribution in [3.05, 3.63) is 29.8 Å². The third kappa shape index (κ3) is 6.50. The number of hydrogen-bond acceptors (Lipinski definition) is 4. The lowest BCUT2D eigenvalue weighted by molar-refractivity contribution is -0.126. The van der Waals surface area contributed by atoms with Gasteiger partial charge in [-0.15, -0.1) is 0 Å². The summed E-state index contributed by atoms with van der Waals surface area (Å²) in [4.78, 5) is 12.5. The van der Waals surface area contributed by atoms with Crippen LogP contribution in [-0.2, 0) is 21.4 Å². The van der Waals surface area contributed by atoms with Gasteiger partial charge in [0.05, 0.1) is 11.9 Å². The van der Waals surface area contributed by atoms with Gasteiger partial charge >= 0.3 is 0 Å². The molecular weight excluding hydrogens is 364 g/mol. The second-order valence-corrected chi connectivity index (χ2v) is 9.42. The Morgan fingerprint density at radius 3 is 2.56 bits per heavy atom. The predicted molar refractivity (Wildman–Crippen MR) is 107 cm³/mol. The molecule has 1 fully saturated rings. The second-order valence-electron chi connectivity index (χ2n) is 7.34. The number of ether oxygens (including phenoxy) is 1. The molecule has 1 aromatic carbocycles. The normalized spacial score (nSPS) is 16.4. The second kappa shape index (κ2) is 10.1. The number of sulfonamides is 1. The molecule has 0 aromatic heterocycles. The number of unbranched alkanes of at least 4 members (excludes halogenated alkanes) is 1. The summed E-state index contributed by atoms with van der Waals surface area (Å²) in [7, 11) is -3.18. The van der Waals surface area contributed by atoms with Crippen molar-refractivity contribution in [1.82, 2.24) is 9.62 Å². The molecule has 1 N–H and O–H groups in total. The van der Waals surface area contributed by atoms with Crippen LogP contribution in [0.15, 0.2) is 24.3 Å². The van der Waals surface area contributed by atoms with Gasteiger partial charge < -0.3 is 10.1 Å². The number of nitrogens with zero attached hydrogens (tertiary/aromatic N) is 1. The first-order valence-electron chi connectivity index (χ1n) is 9.83. The van der Waals surface area contributed by atoms with Crippen LogP contribution in [0, 0.1) is 5.92 Å². The van der Waals surface area contributed by atoms with Crippen LogP contribution in [0.4, 0.5) is 0 Å². The van der Waals surface area contributed by atoms with E-state index in [0.717, 1.165) is 17.7 Å². The van der Waals surface area contributed by atoms with Crippen molar-refractivity contribution < 1.29 is 17.9 Å². The summed E-state index contributed by atoms with van der Waals surface area (Å²) in [5.74, 6) is 0.831. The Morgan fingerprint density at radius 1 is 1.26 bits per heavy atom. The molecule has 0 aliphatic carbocycles. The highest BCUT2D eigenvalue weighted by atomic mass is 32.2. The standard InChI is InChI=1S/C20H32N2O4S/c1-4-5-14-27(24,25)22-12-10-17(11-13-22)20(23)21-15-18-8-6-7-9-19(18)26-16(2)3/h6-9,16-17H,4-5,10-15H2,1-3H3,(H,21,23). The zero-order valence-corrected chi connectivity index (χ0v) is 17.4. The van der Waals surface area contributed by atoms with E-state index in [1.165, 1.54) is 4.31 Å². The summed E-state index contributed by atoms with van der Waals surface area (Å²) in [5, 5.41) is 2.98. The number of rotatable bonds is 9. The lowest BCUT2D eigenvalue weighted by atomic mass is 9.97. The van der Waals surface area contributed by atoms with E-state index < -0.39 is 10.0 Å². The average molecular weight is 397 g/mol. The molecule has 1 aliphatic rings. The smallest absolute Gasteiger partial charge is 0.223 e. The van der Waals surface area contributed by atoms with Crippen LogP contribution in [0.25, 0.3) is 0 Å². The Balaban J connectivity index is 1.85. The molecular formula is C20H32N2O4S. The fraction of sp³-hybridized carbons (Fsp3) is 0.650. The lowest BCUT2D eigenvalue weighted by Gasteiger charge is -2.30. The van der Waals surface area contributed by atoms with Crippen LogP contribution in [0.2, 0.25) is 0 Å². The lowest BCUT2D eigenvalue weighted by Crippen LogP contribution is -2.43. The third-order valence-corrected chi connectivity index (χ3v) is 6.72. The van der Waals surface area contributed by atoms with Crippen LogP contribution < -0.4 is 10.1 Å². The molecule has 0 bridgehead atoms. The summed E-state index contributed by atoms with van der Waals surface area (Å²) in [6, 6.07) is 7.69. The van der Waals surface area contributed by atoms with Crippen LogP contribution in [0.1, 0.15) is 52.0 Å². The molecule has 0 saturated carbocycles. The summed E-state index contributed by atoms with van der Waals surface area (Å²) in [6.07, 6.45) is 2.75. The van der Waals surface area contributed by atoms with Crippen LogP contribution in [-0.4, -0.2) is 43.6 Å². The molecule has 1 amide bonds. The van der Waals surface area contributed by atoms with Crippen molar-refractivity contribution in [2.24, 2.45) is 5.92 Å². The number of hydrogen-bond donors (Lipinski definition) is 1. The van der Waals surface area contributed by atoms with Crippen LogP contribution in [0.3, 0.4) is 0 Å². The molecule has 1 heterocycles. The summed E-state index contributed by atoms with van der Waals surface area (Å²) >= 11 is 0. The summed E-state index contributed by atoms with van der Waals surface area (Å²) in [5.41, 5.74) is 0.944. The van der Waals surface area contributed by atoms with Crippen molar-refractivity contribution in [2.75, 3.05) is 18.8 Å². The Bertz CT molecular complexity index is 710. The monoisotopic (exact) mass is 396 g/mol. The van der Waals surface area contributed by atoms with Gasteiger partial charge in [-0.3, -0.25) is 4.79 Å². The van der Waals surface area contributed by atoms with Gasteiger partial charge in [-0.1, -0.05) is 31.5 Å². The molecule has 7 heteroatoms. The molecule has 6 nitrogen and oxygen atoms in total. The molecule has 0 radical (unpaired) electrons. The molecule has 0 atom stereocenters. The van der Waals surface area contributed by atoms with Gasteiger partial charge in [0.15, 0.2) is 0 Å². The molecule has 0 spiro atoms. The van der Waals surface area contributed by atoms with Crippen molar-refractivity contribution in [3.8, 4) is 5.75 Å². The number of benzene rings is 1. The maximum absolute atomic E-state index is 12.5. The maximum Gasteiger partial charge on any atom is 0.223 e. The highest BCUT2D eigenvalue weighted by Crippen LogP contribution is 2.22. The van der Waals surface area contributed by atoms with Gasteiger partial charge in [0.1, 0.15) is 5.75 Å². The van der Waals surface area contributed by atoms with Crippen molar-refractivity contribution in [3.63, 3.8) is 0 Å². The zero-order chi connectivity index (χ0) is 19.9. The molecule has 0 unspecified atom stereocenters. The van der Waals surface area contributed by atoms with Gasteiger partial charge in [-0.05, 0) is 39.2 Å². The molecule has 1 aromatic rings. The Morgan fingerprint density at radius 2 is 1.93 bits per heavy atom. The minimum Gasteiger partial charge on any atom is -0.491 e. The molecule has 152 valence electrons. The fourth-order valence-electron chi connectivity index (χ4n) is 3.20. The van der Waals surface area contributed by atoms with E-state index in [-0.39, 0.29) is 23.7 Å². The van der Waals surface area contributed by atoms with Gasteiger partial charge in [0.2, 0.25) is 15.9 Å². The molecule has 1 aliphatic heterocycles. The van der Waals surface area contributed by atoms with E-state index in [4.69, 9.17) is 4.74 Å². The maximum atomic E-state index is 12.5. The number of carbonyl (C=O) groups excluding carboxylic acids is 1. The van der Waals surface area contributed by atoms with Crippen LogP contribution in [0.5, 0.6) is 5.75 Å². The molecule has 1 saturated heterocycles. The van der Waals surface area contributed by atoms with E-state index in [1.807, 2.05) is 45.0 Å². The van der Waals surface area contributed by atoms with Gasteiger partial charge in [-0.2, -0.15) is 0 Å². The highest BCUT2D eigenvalue weighted by Gasteiger charge is 2.30. The minimum atomic E-state index is -3.18. The average Bonchev–Trinajstić information content (AvgIpc) is 2.65. The zero-order valence-electron chi connectivity index (χ0n) is 16.6. The number of amides is 1. The Hall–Kier alpha value is -1.60. The Labute approximate surface area is 163 Å².